The van der Waals surface area contributed by atoms with Crippen LogP contribution in [-0.4, -0.2) is 47.2 Å². The van der Waals surface area contributed by atoms with Crippen molar-refractivity contribution in [3.63, 3.8) is 0 Å². The third-order valence-electron chi connectivity index (χ3n) is 4.69. The van der Waals surface area contributed by atoms with Gasteiger partial charge in [0.05, 0.1) is 11.7 Å². The number of piperazine rings is 1. The molecule has 124 valence electrons. The third kappa shape index (κ3) is 3.29. The molecule has 2 heterocycles. The number of hydrogen-bond donors (Lipinski definition) is 1. The fourth-order valence-corrected chi connectivity index (χ4v) is 3.80. The molecule has 2 N–H and O–H groups in total. The van der Waals surface area contributed by atoms with E-state index in [1.807, 2.05) is 14.0 Å². The highest BCUT2D eigenvalue weighted by molar-refractivity contribution is 9.10. The van der Waals surface area contributed by atoms with E-state index >= 15 is 0 Å². The molecule has 0 saturated carbocycles. The normalized spacial score (nSPS) is 17.5. The molecule has 1 aliphatic heterocycles. The monoisotopic (exact) mass is 377 g/mol. The summed E-state index contributed by atoms with van der Waals surface area (Å²) >= 11 is 3.67. The smallest absolute Gasteiger partial charge is 0.109 e. The summed E-state index contributed by atoms with van der Waals surface area (Å²) < 4.78 is 3.11. The number of anilines is 1. The van der Waals surface area contributed by atoms with E-state index in [4.69, 9.17) is 10.7 Å². The zero-order valence-electron chi connectivity index (χ0n) is 13.7. The van der Waals surface area contributed by atoms with E-state index in [2.05, 4.69) is 60.6 Å². The van der Waals surface area contributed by atoms with Crippen LogP contribution in [0.4, 0.5) is 5.69 Å². The molecule has 1 aromatic heterocycles. The first-order valence-electron chi connectivity index (χ1n) is 8.04. The minimum Gasteiger partial charge on any atom is -0.369 e. The second-order valence-corrected chi connectivity index (χ2v) is 6.76. The van der Waals surface area contributed by atoms with Crippen LogP contribution in [0.2, 0.25) is 0 Å². The Balaban J connectivity index is 1.71. The van der Waals surface area contributed by atoms with Gasteiger partial charge in [0.15, 0.2) is 0 Å². The number of nitrogens with two attached hydrogens (primary N) is 1. The van der Waals surface area contributed by atoms with Gasteiger partial charge in [-0.15, -0.1) is 0 Å². The zero-order chi connectivity index (χ0) is 16.4. The molecule has 0 spiro atoms. The summed E-state index contributed by atoms with van der Waals surface area (Å²) in [5, 5.41) is 0. The van der Waals surface area contributed by atoms with Gasteiger partial charge >= 0.3 is 0 Å². The van der Waals surface area contributed by atoms with Gasteiger partial charge in [0.1, 0.15) is 10.4 Å². The number of aromatic nitrogens is 2. The van der Waals surface area contributed by atoms with Gasteiger partial charge in [-0.2, -0.15) is 0 Å². The van der Waals surface area contributed by atoms with E-state index in [0.29, 0.717) is 6.54 Å². The molecule has 6 heteroatoms. The topological polar surface area (TPSA) is 50.3 Å². The Labute approximate surface area is 146 Å². The maximum absolute atomic E-state index is 6.08. The van der Waals surface area contributed by atoms with Crippen molar-refractivity contribution in [2.24, 2.45) is 12.8 Å². The molecular weight excluding hydrogens is 354 g/mol. The van der Waals surface area contributed by atoms with E-state index < -0.39 is 0 Å². The van der Waals surface area contributed by atoms with Gasteiger partial charge in [-0.05, 0) is 35.0 Å². The van der Waals surface area contributed by atoms with Crippen LogP contribution < -0.4 is 10.6 Å². The lowest BCUT2D eigenvalue weighted by atomic mass is 10.1. The van der Waals surface area contributed by atoms with Crippen molar-refractivity contribution in [3.8, 4) is 0 Å². The van der Waals surface area contributed by atoms with Crippen LogP contribution in [0.1, 0.15) is 17.6 Å². The van der Waals surface area contributed by atoms with Crippen LogP contribution in [0.25, 0.3) is 0 Å². The van der Waals surface area contributed by atoms with Gasteiger partial charge in [0.25, 0.3) is 0 Å². The molecule has 0 radical (unpaired) electrons. The second-order valence-electron chi connectivity index (χ2n) is 6.00. The number of hydrogen-bond acceptors (Lipinski definition) is 4. The number of rotatable bonds is 4. The quantitative estimate of drug-likeness (QED) is 0.887. The van der Waals surface area contributed by atoms with Gasteiger partial charge in [-0.1, -0.05) is 18.2 Å². The van der Waals surface area contributed by atoms with Gasteiger partial charge in [-0.25, -0.2) is 4.98 Å². The first-order chi connectivity index (χ1) is 11.1. The van der Waals surface area contributed by atoms with Gasteiger partial charge in [0.2, 0.25) is 0 Å². The van der Waals surface area contributed by atoms with E-state index in [1.165, 1.54) is 5.69 Å². The lowest BCUT2D eigenvalue weighted by Crippen LogP contribution is -2.49. The molecule has 1 atom stereocenters. The Morgan fingerprint density at radius 3 is 2.35 bits per heavy atom. The van der Waals surface area contributed by atoms with Crippen LogP contribution in [0.3, 0.4) is 0 Å². The van der Waals surface area contributed by atoms with Gasteiger partial charge < -0.3 is 15.2 Å². The maximum Gasteiger partial charge on any atom is 0.109 e. The molecule has 23 heavy (non-hydrogen) atoms. The Morgan fingerprint density at radius 2 is 1.83 bits per heavy atom. The highest BCUT2D eigenvalue weighted by atomic mass is 79.9. The predicted octanol–water partition coefficient (Wildman–Crippen LogP) is 2.31. The minimum absolute atomic E-state index is 0.169. The third-order valence-corrected chi connectivity index (χ3v) is 5.63. The number of nitrogens with zero attached hydrogens (tertiary/aromatic N) is 4. The maximum atomic E-state index is 6.08. The minimum atomic E-state index is 0.169. The molecular formula is C17H24BrN5. The summed E-state index contributed by atoms with van der Waals surface area (Å²) in [5.41, 5.74) is 8.44. The molecule has 2 aromatic rings. The Kier molecular flexibility index (Phi) is 5.04. The van der Waals surface area contributed by atoms with Crippen LogP contribution >= 0.6 is 15.9 Å². The average molecular weight is 378 g/mol. The Bertz CT molecular complexity index is 647. The highest BCUT2D eigenvalue weighted by Gasteiger charge is 2.28. The van der Waals surface area contributed by atoms with Crippen molar-refractivity contribution in [2.75, 3.05) is 37.6 Å². The standard InChI is InChI=1S/C17H24BrN5/c1-13-20-16(17(18)21(13)2)15(12-19)23-10-8-22(9-11-23)14-6-4-3-5-7-14/h3-7,15H,8-12,19H2,1-2H3. The summed E-state index contributed by atoms with van der Waals surface area (Å²) in [6.45, 7) is 6.64. The zero-order valence-corrected chi connectivity index (χ0v) is 15.3. The number of aryl methyl sites for hydroxylation is 1. The summed E-state index contributed by atoms with van der Waals surface area (Å²) in [4.78, 5) is 9.60. The molecule has 1 unspecified atom stereocenters. The van der Waals surface area contributed by atoms with Crippen molar-refractivity contribution in [3.05, 3.63) is 46.5 Å². The summed E-state index contributed by atoms with van der Waals surface area (Å²) in [5.74, 6) is 1.01. The van der Waals surface area contributed by atoms with Gasteiger partial charge in [-0.3, -0.25) is 4.90 Å². The molecule has 3 rings (SSSR count). The molecule has 1 aliphatic rings. The van der Waals surface area contributed by atoms with Crippen LogP contribution in [0.5, 0.6) is 0 Å². The van der Waals surface area contributed by atoms with E-state index in [1.54, 1.807) is 0 Å². The first kappa shape index (κ1) is 16.5. The van der Waals surface area contributed by atoms with Crippen LogP contribution in [-0.2, 0) is 7.05 Å². The average Bonchev–Trinajstić information content (AvgIpc) is 2.85. The van der Waals surface area contributed by atoms with Crippen molar-refractivity contribution in [1.29, 1.82) is 0 Å². The number of para-hydroxylation sites is 1. The fourth-order valence-electron chi connectivity index (χ4n) is 3.19. The molecule has 1 aromatic carbocycles. The Hall–Kier alpha value is -1.37. The van der Waals surface area contributed by atoms with Crippen molar-refractivity contribution in [1.82, 2.24) is 14.5 Å². The lowest BCUT2D eigenvalue weighted by Gasteiger charge is -2.39. The molecule has 0 aliphatic carbocycles. The van der Waals surface area contributed by atoms with Crippen LogP contribution in [0.15, 0.2) is 34.9 Å². The molecule has 1 fully saturated rings. The first-order valence-corrected chi connectivity index (χ1v) is 8.84. The largest absolute Gasteiger partial charge is 0.369 e. The van der Waals surface area contributed by atoms with Crippen molar-refractivity contribution >= 4 is 21.6 Å². The van der Waals surface area contributed by atoms with Crippen molar-refractivity contribution in [2.45, 2.75) is 13.0 Å². The Morgan fingerprint density at radius 1 is 1.17 bits per heavy atom. The molecule has 5 nitrogen and oxygen atoms in total. The van der Waals surface area contributed by atoms with Crippen LogP contribution in [0, 0.1) is 6.92 Å². The van der Waals surface area contributed by atoms with Crippen molar-refractivity contribution < 1.29 is 0 Å². The fraction of sp³-hybridized carbons (Fsp3) is 0.471. The molecule has 0 amide bonds. The number of halogens is 1. The predicted molar refractivity (Wildman–Crippen MR) is 97.7 cm³/mol. The van der Waals surface area contributed by atoms with E-state index in [-0.39, 0.29) is 6.04 Å². The summed E-state index contributed by atoms with van der Waals surface area (Å²) in [7, 11) is 2.02. The summed E-state index contributed by atoms with van der Waals surface area (Å²) in [6.07, 6.45) is 0. The number of imidazole rings is 1. The van der Waals surface area contributed by atoms with Gasteiger partial charge in [0, 0.05) is 45.5 Å². The SMILES string of the molecule is Cc1nc(C(CN)N2CCN(c3ccccc3)CC2)c(Br)n1C. The van der Waals surface area contributed by atoms with E-state index in [9.17, 15) is 0 Å². The number of benzene rings is 1. The molecule has 1 saturated heterocycles. The highest BCUT2D eigenvalue weighted by Crippen LogP contribution is 2.28. The van der Waals surface area contributed by atoms with E-state index in [0.717, 1.165) is 42.3 Å². The lowest BCUT2D eigenvalue weighted by molar-refractivity contribution is 0.186. The summed E-state index contributed by atoms with van der Waals surface area (Å²) in [6, 6.07) is 10.8. The second kappa shape index (κ2) is 7.03. The molecule has 0 bridgehead atoms.